The Morgan fingerprint density at radius 2 is 2.31 bits per heavy atom. The second kappa shape index (κ2) is 9.49. The summed E-state index contributed by atoms with van der Waals surface area (Å²) in [5.41, 5.74) is 0. The van der Waals surface area contributed by atoms with Gasteiger partial charge in [-0.25, -0.2) is 0 Å². The fraction of sp³-hybridized carbons (Fsp3) is 0.818. The van der Waals surface area contributed by atoms with Crippen molar-refractivity contribution in [2.45, 2.75) is 19.8 Å². The Hall–Kier alpha value is -0.730. The van der Waals surface area contributed by atoms with E-state index in [1.165, 1.54) is 0 Å². The zero-order valence-corrected chi connectivity index (χ0v) is 10.8. The van der Waals surface area contributed by atoms with Crippen LogP contribution in [0.2, 0.25) is 0 Å². The highest BCUT2D eigenvalue weighted by Crippen LogP contribution is 2.09. The largest absolute Gasteiger partial charge is 0.396 e. The predicted molar refractivity (Wildman–Crippen MR) is 66.1 cm³/mol. The van der Waals surface area contributed by atoms with Gasteiger partial charge in [0.1, 0.15) is 0 Å². The fourth-order valence-corrected chi connectivity index (χ4v) is 2.02. The van der Waals surface area contributed by atoms with Gasteiger partial charge in [0, 0.05) is 32.4 Å². The second-order valence-electron chi connectivity index (χ2n) is 3.84. The zero-order valence-electron chi connectivity index (χ0n) is 9.98. The van der Waals surface area contributed by atoms with Gasteiger partial charge < -0.3 is 10.0 Å². The fourth-order valence-electron chi connectivity index (χ4n) is 1.03. The van der Waals surface area contributed by atoms with E-state index in [2.05, 4.69) is 0 Å². The number of hydrogen-bond donors (Lipinski definition) is 1. The van der Waals surface area contributed by atoms with Crippen molar-refractivity contribution in [1.29, 1.82) is 5.26 Å². The molecule has 0 fully saturated rings. The van der Waals surface area contributed by atoms with Crippen LogP contribution in [0.1, 0.15) is 19.8 Å². The summed E-state index contributed by atoms with van der Waals surface area (Å²) < 4.78 is 0. The highest BCUT2D eigenvalue weighted by atomic mass is 32.2. The van der Waals surface area contributed by atoms with E-state index < -0.39 is 0 Å². The zero-order chi connectivity index (χ0) is 12.4. The molecule has 0 aliphatic heterocycles. The van der Waals surface area contributed by atoms with Crippen LogP contribution in [0.4, 0.5) is 0 Å². The van der Waals surface area contributed by atoms with Crippen LogP contribution in [0, 0.1) is 17.2 Å². The molecule has 16 heavy (non-hydrogen) atoms. The Balaban J connectivity index is 3.54. The molecule has 0 saturated carbocycles. The van der Waals surface area contributed by atoms with Gasteiger partial charge in [-0.05, 0) is 11.7 Å². The van der Waals surface area contributed by atoms with Crippen LogP contribution >= 0.6 is 11.8 Å². The van der Waals surface area contributed by atoms with Crippen molar-refractivity contribution in [3.63, 3.8) is 0 Å². The number of aliphatic hydroxyl groups excluding tert-OH is 1. The van der Waals surface area contributed by atoms with E-state index in [4.69, 9.17) is 10.4 Å². The number of carbonyl (C=O) groups excluding carboxylic acids is 1. The average Bonchev–Trinajstić information content (AvgIpc) is 2.30. The average molecular weight is 244 g/mol. The molecule has 1 N–H and O–H groups in total. The molecule has 1 amide bonds. The van der Waals surface area contributed by atoms with Crippen molar-refractivity contribution in [2.24, 2.45) is 5.92 Å². The van der Waals surface area contributed by atoms with E-state index in [-0.39, 0.29) is 18.4 Å². The van der Waals surface area contributed by atoms with Gasteiger partial charge in [0.15, 0.2) is 0 Å². The molecular weight excluding hydrogens is 224 g/mol. The van der Waals surface area contributed by atoms with Crippen molar-refractivity contribution in [3.05, 3.63) is 0 Å². The van der Waals surface area contributed by atoms with E-state index in [1.54, 1.807) is 23.7 Å². The number of hydrogen-bond acceptors (Lipinski definition) is 4. The number of thioether (sulfide) groups is 1. The lowest BCUT2D eigenvalue weighted by Gasteiger charge is -2.15. The van der Waals surface area contributed by atoms with E-state index in [9.17, 15) is 4.79 Å². The lowest BCUT2D eigenvalue weighted by atomic mass is 10.2. The molecule has 0 aromatic rings. The minimum atomic E-state index is 0.0828. The van der Waals surface area contributed by atoms with Crippen molar-refractivity contribution in [3.8, 4) is 6.07 Å². The summed E-state index contributed by atoms with van der Waals surface area (Å²) in [6, 6.07) is 2.02. The minimum Gasteiger partial charge on any atom is -0.396 e. The Morgan fingerprint density at radius 1 is 1.62 bits per heavy atom. The normalized spacial score (nSPS) is 11.9. The highest BCUT2D eigenvalue weighted by molar-refractivity contribution is 7.99. The standard InChI is InChI=1S/C11H20N2O2S/c1-10(8-14)9-16-7-4-11(15)13(2)6-3-5-12/h10,14H,3-4,6-9H2,1-2H3. The van der Waals surface area contributed by atoms with Crippen LogP contribution in [-0.2, 0) is 4.79 Å². The van der Waals surface area contributed by atoms with Crippen molar-refractivity contribution >= 4 is 17.7 Å². The van der Waals surface area contributed by atoms with Gasteiger partial charge in [0.2, 0.25) is 5.91 Å². The molecule has 0 aromatic carbocycles. The number of amides is 1. The molecule has 4 nitrogen and oxygen atoms in total. The summed E-state index contributed by atoms with van der Waals surface area (Å²) in [6.45, 7) is 2.68. The first kappa shape index (κ1) is 15.3. The van der Waals surface area contributed by atoms with Gasteiger partial charge in [0.05, 0.1) is 12.5 Å². The molecule has 0 aliphatic carbocycles. The van der Waals surface area contributed by atoms with Crippen LogP contribution in [-0.4, -0.2) is 47.6 Å². The summed E-state index contributed by atoms with van der Waals surface area (Å²) in [7, 11) is 1.72. The molecule has 0 saturated heterocycles. The van der Waals surface area contributed by atoms with Gasteiger partial charge in [-0.2, -0.15) is 17.0 Å². The molecule has 5 heteroatoms. The van der Waals surface area contributed by atoms with Gasteiger partial charge in [-0.1, -0.05) is 6.92 Å². The molecule has 92 valence electrons. The van der Waals surface area contributed by atoms with Crippen LogP contribution in [0.5, 0.6) is 0 Å². The first-order chi connectivity index (χ1) is 7.61. The first-order valence-electron chi connectivity index (χ1n) is 5.41. The maximum absolute atomic E-state index is 11.5. The molecule has 0 rings (SSSR count). The van der Waals surface area contributed by atoms with Gasteiger partial charge in [-0.3, -0.25) is 4.79 Å². The summed E-state index contributed by atoms with van der Waals surface area (Å²) in [5.74, 6) is 2.03. The molecule has 0 aromatic heterocycles. The molecule has 0 bridgehead atoms. The topological polar surface area (TPSA) is 64.3 Å². The molecule has 1 atom stereocenters. The predicted octanol–water partition coefficient (Wildman–Crippen LogP) is 1.11. The van der Waals surface area contributed by atoms with E-state index in [0.29, 0.717) is 19.4 Å². The summed E-state index contributed by atoms with van der Waals surface area (Å²) >= 11 is 1.68. The maximum Gasteiger partial charge on any atom is 0.223 e. The van der Waals surface area contributed by atoms with E-state index in [0.717, 1.165) is 11.5 Å². The van der Waals surface area contributed by atoms with Gasteiger partial charge in [0.25, 0.3) is 0 Å². The third-order valence-corrected chi connectivity index (χ3v) is 3.46. The van der Waals surface area contributed by atoms with Crippen molar-refractivity contribution in [2.75, 3.05) is 31.7 Å². The van der Waals surface area contributed by atoms with Crippen LogP contribution in [0.25, 0.3) is 0 Å². The third-order valence-electron chi connectivity index (χ3n) is 2.16. The highest BCUT2D eigenvalue weighted by Gasteiger charge is 2.08. The second-order valence-corrected chi connectivity index (χ2v) is 4.99. The lowest BCUT2D eigenvalue weighted by molar-refractivity contribution is -0.129. The van der Waals surface area contributed by atoms with E-state index in [1.807, 2.05) is 13.0 Å². The Morgan fingerprint density at radius 3 is 2.88 bits per heavy atom. The minimum absolute atomic E-state index is 0.0828. The van der Waals surface area contributed by atoms with Crippen molar-refractivity contribution in [1.82, 2.24) is 4.90 Å². The van der Waals surface area contributed by atoms with Gasteiger partial charge >= 0.3 is 0 Å². The molecule has 0 radical (unpaired) electrons. The lowest BCUT2D eigenvalue weighted by Crippen LogP contribution is -2.27. The van der Waals surface area contributed by atoms with Crippen LogP contribution < -0.4 is 0 Å². The first-order valence-corrected chi connectivity index (χ1v) is 6.56. The Kier molecular flexibility index (Phi) is 9.06. The number of rotatable bonds is 8. The summed E-state index contributed by atoms with van der Waals surface area (Å²) in [5, 5.41) is 17.2. The monoisotopic (exact) mass is 244 g/mol. The molecule has 0 heterocycles. The molecule has 0 aliphatic rings. The maximum atomic E-state index is 11.5. The molecule has 0 spiro atoms. The Labute approximate surface area is 102 Å². The molecular formula is C11H20N2O2S. The van der Waals surface area contributed by atoms with E-state index >= 15 is 0 Å². The quantitative estimate of drug-likeness (QED) is 0.650. The number of nitriles is 1. The molecule has 1 unspecified atom stereocenters. The third kappa shape index (κ3) is 7.55. The van der Waals surface area contributed by atoms with Crippen LogP contribution in [0.15, 0.2) is 0 Å². The number of nitrogens with zero attached hydrogens (tertiary/aromatic N) is 2. The summed E-state index contributed by atoms with van der Waals surface area (Å²) in [4.78, 5) is 13.1. The SMILES string of the molecule is CC(CO)CSCCC(=O)N(C)CCC#N. The smallest absolute Gasteiger partial charge is 0.223 e. The summed E-state index contributed by atoms with van der Waals surface area (Å²) in [6.07, 6.45) is 0.891. The van der Waals surface area contributed by atoms with Gasteiger partial charge in [-0.15, -0.1) is 0 Å². The Bertz CT molecular complexity index is 241. The van der Waals surface area contributed by atoms with Crippen molar-refractivity contribution < 1.29 is 9.90 Å². The number of carbonyl (C=O) groups is 1. The van der Waals surface area contributed by atoms with Crippen LogP contribution in [0.3, 0.4) is 0 Å². The number of aliphatic hydroxyl groups is 1.